The van der Waals surface area contributed by atoms with E-state index in [9.17, 15) is 9.18 Å². The Kier molecular flexibility index (Phi) is 9.70. The number of nitrogens with two attached hydrogens (primary N) is 1. The summed E-state index contributed by atoms with van der Waals surface area (Å²) in [5.74, 6) is 1.50. The average molecular weight is 680 g/mol. The Labute approximate surface area is 293 Å². The highest BCUT2D eigenvalue weighted by Crippen LogP contribution is 2.52. The number of fused-ring (bicyclic) bond motifs is 1. The molecular weight excluding hydrogens is 633 g/mol. The number of halogens is 1. The molecule has 1 aliphatic carbocycles. The molecule has 1 saturated carbocycles. The van der Waals surface area contributed by atoms with Crippen LogP contribution in [0.4, 0.5) is 10.2 Å². The molecular formula is C39H46FN7O3. The second-order valence-electron chi connectivity index (χ2n) is 14.1. The van der Waals surface area contributed by atoms with E-state index in [1.807, 2.05) is 33.0 Å². The zero-order valence-corrected chi connectivity index (χ0v) is 29.1. The van der Waals surface area contributed by atoms with Crippen LogP contribution < -0.4 is 20.1 Å². The van der Waals surface area contributed by atoms with Gasteiger partial charge in [-0.25, -0.2) is 14.4 Å². The van der Waals surface area contributed by atoms with Crippen LogP contribution in [0.15, 0.2) is 73.3 Å². The molecule has 0 bridgehead atoms. The fourth-order valence-corrected chi connectivity index (χ4v) is 7.97. The first kappa shape index (κ1) is 33.9. The van der Waals surface area contributed by atoms with Crippen LogP contribution in [0.5, 0.6) is 17.2 Å². The van der Waals surface area contributed by atoms with Crippen molar-refractivity contribution in [1.29, 1.82) is 0 Å². The highest BCUT2D eigenvalue weighted by atomic mass is 19.1. The summed E-state index contributed by atoms with van der Waals surface area (Å²) in [6.07, 6.45) is 8.70. The maximum Gasteiger partial charge on any atom is 0.257 e. The molecule has 50 heavy (non-hydrogen) atoms. The number of carbonyl (C=O) groups excluding carboxylic acids is 1. The summed E-state index contributed by atoms with van der Waals surface area (Å²) in [6.45, 7) is 10.3. The molecule has 10 nitrogen and oxygen atoms in total. The lowest BCUT2D eigenvalue weighted by Crippen LogP contribution is -2.65. The van der Waals surface area contributed by atoms with Gasteiger partial charge in [0.05, 0.1) is 17.5 Å². The van der Waals surface area contributed by atoms with E-state index in [2.05, 4.69) is 50.1 Å². The van der Waals surface area contributed by atoms with Crippen molar-refractivity contribution in [1.82, 2.24) is 24.8 Å². The van der Waals surface area contributed by atoms with Crippen LogP contribution >= 0.6 is 0 Å². The number of amides is 1. The minimum absolute atomic E-state index is 0.0440. The third kappa shape index (κ3) is 6.76. The van der Waals surface area contributed by atoms with E-state index >= 15 is 0 Å². The summed E-state index contributed by atoms with van der Waals surface area (Å²) >= 11 is 0. The highest BCUT2D eigenvalue weighted by Gasteiger charge is 2.54. The van der Waals surface area contributed by atoms with Crippen molar-refractivity contribution < 1.29 is 18.7 Å². The molecule has 4 heterocycles. The van der Waals surface area contributed by atoms with Crippen LogP contribution in [-0.4, -0.2) is 75.5 Å². The van der Waals surface area contributed by atoms with Gasteiger partial charge < -0.3 is 25.0 Å². The van der Waals surface area contributed by atoms with E-state index in [0.29, 0.717) is 24.7 Å². The van der Waals surface area contributed by atoms with Crippen LogP contribution in [0, 0.1) is 11.2 Å². The molecule has 2 aromatic heterocycles. The zero-order valence-electron chi connectivity index (χ0n) is 29.1. The minimum Gasteiger partial charge on any atom is -0.490 e. The summed E-state index contributed by atoms with van der Waals surface area (Å²) in [5.41, 5.74) is 10.0. The third-order valence-corrected chi connectivity index (χ3v) is 10.4. The molecule has 1 amide bonds. The Bertz CT molecular complexity index is 1810. The van der Waals surface area contributed by atoms with Crippen molar-refractivity contribution in [2.24, 2.45) is 11.1 Å². The number of carbonyl (C=O) groups is 1. The number of aromatic nitrogens is 3. The predicted molar refractivity (Wildman–Crippen MR) is 190 cm³/mol. The molecule has 1 saturated heterocycles. The van der Waals surface area contributed by atoms with E-state index in [1.165, 1.54) is 35.7 Å². The number of hydrogen-bond acceptors (Lipinski definition) is 9. The molecule has 0 radical (unpaired) electrons. The highest BCUT2D eigenvalue weighted by molar-refractivity contribution is 5.97. The monoisotopic (exact) mass is 679 g/mol. The molecule has 2 fully saturated rings. The molecule has 2 N–H and O–H groups in total. The van der Waals surface area contributed by atoms with Gasteiger partial charge in [-0.2, -0.15) is 0 Å². The van der Waals surface area contributed by atoms with Gasteiger partial charge in [-0.15, -0.1) is 0 Å². The van der Waals surface area contributed by atoms with Gasteiger partial charge in [-0.1, -0.05) is 30.3 Å². The topological polar surface area (TPSA) is 110 Å². The van der Waals surface area contributed by atoms with E-state index < -0.39 is 5.82 Å². The van der Waals surface area contributed by atoms with Gasteiger partial charge >= 0.3 is 0 Å². The molecule has 3 aliphatic rings. The third-order valence-electron chi connectivity index (χ3n) is 10.4. The number of nitrogens with zero attached hydrogens (tertiary/aromatic N) is 6. The number of benzene rings is 2. The van der Waals surface area contributed by atoms with Crippen LogP contribution in [0.1, 0.15) is 73.3 Å². The zero-order chi connectivity index (χ0) is 34.8. The van der Waals surface area contributed by atoms with Gasteiger partial charge in [0, 0.05) is 68.4 Å². The smallest absolute Gasteiger partial charge is 0.257 e. The summed E-state index contributed by atoms with van der Waals surface area (Å²) < 4.78 is 27.4. The molecule has 7 rings (SSSR count). The second kappa shape index (κ2) is 14.3. The Hall–Kier alpha value is -4.61. The fraction of sp³-hybridized carbons (Fsp3) is 0.436. The van der Waals surface area contributed by atoms with Crippen molar-refractivity contribution in [3.8, 4) is 17.2 Å². The number of rotatable bonds is 12. The normalized spacial score (nSPS) is 18.4. The molecule has 4 aromatic rings. The number of ether oxygens (including phenoxy) is 2. The molecule has 1 unspecified atom stereocenters. The van der Waals surface area contributed by atoms with Crippen molar-refractivity contribution in [2.75, 3.05) is 37.6 Å². The molecule has 1 spiro atoms. The first-order chi connectivity index (χ1) is 24.3. The lowest BCUT2D eigenvalue weighted by molar-refractivity contribution is -0.0357. The van der Waals surface area contributed by atoms with Gasteiger partial charge in [0.15, 0.2) is 11.6 Å². The minimum atomic E-state index is -0.497. The standard InChI is InChI=1S/C39H46FN7O3/c1-4-47(26(2)3)38(48)30-18-28(40)10-11-33(30)50-35-21-42-25-44-37(35)46-23-39(24-46)19-29(20-39)49-34-13-16-43-31-14-17-45(32(12-15-41)36(31)34)22-27-8-6-5-7-9-27/h5-11,13,16,18,21,25-26,29,32H,4,12,14-15,17,19-20,22-24,41H2,1-3H3. The summed E-state index contributed by atoms with van der Waals surface area (Å²) in [5, 5.41) is 0. The van der Waals surface area contributed by atoms with Crippen molar-refractivity contribution in [2.45, 2.75) is 71.2 Å². The van der Waals surface area contributed by atoms with E-state index in [4.69, 9.17) is 20.2 Å². The van der Waals surface area contributed by atoms with Crippen LogP contribution in [0.3, 0.4) is 0 Å². The first-order valence-corrected chi connectivity index (χ1v) is 17.7. The summed E-state index contributed by atoms with van der Waals surface area (Å²) in [6, 6.07) is 16.7. The maximum atomic E-state index is 14.3. The average Bonchev–Trinajstić information content (AvgIpc) is 3.08. The van der Waals surface area contributed by atoms with Gasteiger partial charge in [0.1, 0.15) is 29.7 Å². The lowest BCUT2D eigenvalue weighted by Gasteiger charge is -2.59. The number of hydrogen-bond donors (Lipinski definition) is 1. The Morgan fingerprint density at radius 1 is 1.08 bits per heavy atom. The predicted octanol–water partition coefficient (Wildman–Crippen LogP) is 6.17. The summed E-state index contributed by atoms with van der Waals surface area (Å²) in [7, 11) is 0. The molecule has 262 valence electrons. The van der Waals surface area contributed by atoms with Gasteiger partial charge in [-0.05, 0) is 76.4 Å². The lowest BCUT2D eigenvalue weighted by atomic mass is 9.61. The van der Waals surface area contributed by atoms with Crippen molar-refractivity contribution in [3.05, 3.63) is 102 Å². The summed E-state index contributed by atoms with van der Waals surface area (Å²) in [4.78, 5) is 33.3. The van der Waals surface area contributed by atoms with Crippen LogP contribution in [-0.2, 0) is 13.0 Å². The first-order valence-electron chi connectivity index (χ1n) is 17.7. The van der Waals surface area contributed by atoms with Crippen LogP contribution in [0.25, 0.3) is 0 Å². The maximum absolute atomic E-state index is 14.3. The van der Waals surface area contributed by atoms with Crippen LogP contribution in [0.2, 0.25) is 0 Å². The molecule has 2 aromatic carbocycles. The Morgan fingerprint density at radius 3 is 2.62 bits per heavy atom. The SMILES string of the molecule is CCN(C(=O)c1cc(F)ccc1Oc1cncnc1N1CC2(CC(Oc3ccnc4c3C(CCN)N(Cc3ccccc3)CC4)C2)C1)C(C)C. The van der Waals surface area contributed by atoms with Gasteiger partial charge in [0.25, 0.3) is 5.91 Å². The quantitative estimate of drug-likeness (QED) is 0.188. The van der Waals surface area contributed by atoms with Gasteiger partial charge in [-0.3, -0.25) is 14.7 Å². The van der Waals surface area contributed by atoms with Gasteiger partial charge in [0.2, 0.25) is 0 Å². The molecule has 11 heteroatoms. The van der Waals surface area contributed by atoms with E-state index in [1.54, 1.807) is 11.1 Å². The molecule has 1 atom stereocenters. The Morgan fingerprint density at radius 2 is 1.88 bits per heavy atom. The van der Waals surface area contributed by atoms with Crippen molar-refractivity contribution in [3.63, 3.8) is 0 Å². The number of pyridine rings is 1. The Balaban J connectivity index is 1.02. The van der Waals surface area contributed by atoms with Crippen molar-refractivity contribution >= 4 is 11.7 Å². The van der Waals surface area contributed by atoms with E-state index in [0.717, 1.165) is 63.3 Å². The van der Waals surface area contributed by atoms with E-state index in [-0.39, 0.29) is 40.8 Å². The molecule has 2 aliphatic heterocycles. The fourth-order valence-electron chi connectivity index (χ4n) is 7.97. The number of anilines is 1. The largest absolute Gasteiger partial charge is 0.490 e. The second-order valence-corrected chi connectivity index (χ2v) is 14.1.